The van der Waals surface area contributed by atoms with Crippen molar-refractivity contribution >= 4 is 38.7 Å². The summed E-state index contributed by atoms with van der Waals surface area (Å²) in [7, 11) is -3.22. The van der Waals surface area contributed by atoms with E-state index in [2.05, 4.69) is 5.32 Å². The molecule has 1 aromatic rings. The zero-order chi connectivity index (χ0) is 14.6. The van der Waals surface area contributed by atoms with E-state index < -0.39 is 21.0 Å². The highest BCUT2D eigenvalue weighted by Crippen LogP contribution is 2.24. The number of nitrogens with two attached hydrogens (primary N) is 1. The highest BCUT2D eigenvalue weighted by atomic mass is 35.5. The molecule has 1 rings (SSSR count). The summed E-state index contributed by atoms with van der Waals surface area (Å²) in [5.41, 5.74) is 6.44. The second-order valence-corrected chi connectivity index (χ2v) is 7.54. The molecule has 0 saturated carbocycles. The van der Waals surface area contributed by atoms with Gasteiger partial charge >= 0.3 is 0 Å². The predicted octanol–water partition coefficient (Wildman–Crippen LogP) is 2.07. The molecule has 106 valence electrons. The summed E-state index contributed by atoms with van der Waals surface area (Å²) in [4.78, 5) is 11.7. The van der Waals surface area contributed by atoms with Crippen LogP contribution in [-0.4, -0.2) is 25.3 Å². The molecule has 0 aromatic heterocycles. The molecule has 0 heterocycles. The van der Waals surface area contributed by atoms with Gasteiger partial charge in [-0.3, -0.25) is 4.79 Å². The van der Waals surface area contributed by atoms with Crippen molar-refractivity contribution in [1.29, 1.82) is 0 Å². The van der Waals surface area contributed by atoms with Crippen molar-refractivity contribution < 1.29 is 13.2 Å². The number of sulfone groups is 1. The number of nitrogens with one attached hydrogen (secondary N) is 1. The van der Waals surface area contributed by atoms with Crippen molar-refractivity contribution in [3.05, 3.63) is 23.2 Å². The molecule has 5 nitrogen and oxygen atoms in total. The average Bonchev–Trinajstić information content (AvgIpc) is 2.30. The van der Waals surface area contributed by atoms with Crippen molar-refractivity contribution in [2.24, 2.45) is 0 Å². The molecule has 19 heavy (non-hydrogen) atoms. The molecule has 1 amide bonds. The van der Waals surface area contributed by atoms with Gasteiger partial charge in [-0.2, -0.15) is 0 Å². The smallest absolute Gasteiger partial charge is 0.225 e. The van der Waals surface area contributed by atoms with Gasteiger partial charge in [-0.25, -0.2) is 8.42 Å². The third kappa shape index (κ3) is 4.72. The highest BCUT2D eigenvalue weighted by Gasteiger charge is 2.18. The van der Waals surface area contributed by atoms with Crippen LogP contribution in [0.2, 0.25) is 5.02 Å². The van der Waals surface area contributed by atoms with E-state index in [1.165, 1.54) is 6.07 Å². The Morgan fingerprint density at radius 1 is 1.42 bits per heavy atom. The Bertz CT molecular complexity index is 570. The van der Waals surface area contributed by atoms with Gasteiger partial charge < -0.3 is 11.1 Å². The third-order valence-electron chi connectivity index (χ3n) is 2.60. The summed E-state index contributed by atoms with van der Waals surface area (Å²) < 4.78 is 23.2. The van der Waals surface area contributed by atoms with Gasteiger partial charge in [-0.05, 0) is 32.0 Å². The van der Waals surface area contributed by atoms with Gasteiger partial charge in [0.25, 0.3) is 0 Å². The fourth-order valence-electron chi connectivity index (χ4n) is 1.32. The Kier molecular flexibility index (Phi) is 5.20. The maximum Gasteiger partial charge on any atom is 0.225 e. The van der Waals surface area contributed by atoms with Gasteiger partial charge in [0.05, 0.1) is 21.7 Å². The number of anilines is 2. The van der Waals surface area contributed by atoms with Crippen LogP contribution in [0.4, 0.5) is 11.4 Å². The van der Waals surface area contributed by atoms with Gasteiger partial charge in [0.15, 0.2) is 9.84 Å². The summed E-state index contributed by atoms with van der Waals surface area (Å²) in [6.07, 6.45) is -0.0960. The molecule has 0 aliphatic rings. The molecule has 0 fully saturated rings. The van der Waals surface area contributed by atoms with Crippen LogP contribution in [-0.2, 0) is 14.6 Å². The molecular weight excluding hydrogens is 288 g/mol. The van der Waals surface area contributed by atoms with Gasteiger partial charge in [-0.1, -0.05) is 11.6 Å². The first kappa shape index (κ1) is 15.8. The van der Waals surface area contributed by atoms with E-state index in [-0.39, 0.29) is 12.2 Å². The number of hydrogen-bond donors (Lipinski definition) is 2. The zero-order valence-electron chi connectivity index (χ0n) is 10.8. The molecule has 0 saturated heterocycles. The summed E-state index contributed by atoms with van der Waals surface area (Å²) in [6.45, 7) is 3.17. The van der Waals surface area contributed by atoms with E-state index in [9.17, 15) is 13.2 Å². The van der Waals surface area contributed by atoms with Crippen molar-refractivity contribution in [1.82, 2.24) is 0 Å². The van der Waals surface area contributed by atoms with Crippen LogP contribution in [0.5, 0.6) is 0 Å². The lowest BCUT2D eigenvalue weighted by molar-refractivity contribution is -0.115. The van der Waals surface area contributed by atoms with Crippen LogP contribution in [0.25, 0.3) is 0 Å². The minimum atomic E-state index is -3.22. The van der Waals surface area contributed by atoms with Crippen molar-refractivity contribution in [3.63, 3.8) is 0 Å². The first-order chi connectivity index (χ1) is 8.72. The maximum absolute atomic E-state index is 11.7. The van der Waals surface area contributed by atoms with E-state index in [1.54, 1.807) is 26.0 Å². The van der Waals surface area contributed by atoms with Gasteiger partial charge in [-0.15, -0.1) is 0 Å². The van der Waals surface area contributed by atoms with Crippen molar-refractivity contribution in [2.75, 3.05) is 16.8 Å². The Labute approximate surface area is 118 Å². The first-order valence-electron chi connectivity index (χ1n) is 5.79. The number of halogens is 1. The standard InChI is InChI=1S/C12H17ClN2O3S/c1-8(2)19(17,18)6-5-12(16)15-11-4-3-9(14)7-10(11)13/h3-4,7-8H,5-6,14H2,1-2H3,(H,15,16). The predicted molar refractivity (Wildman–Crippen MR) is 78.0 cm³/mol. The van der Waals surface area contributed by atoms with E-state index in [4.69, 9.17) is 17.3 Å². The molecule has 7 heteroatoms. The number of hydrogen-bond acceptors (Lipinski definition) is 4. The quantitative estimate of drug-likeness (QED) is 0.815. The fraction of sp³-hybridized carbons (Fsp3) is 0.417. The molecule has 0 aliphatic carbocycles. The topological polar surface area (TPSA) is 89.3 Å². The Balaban J connectivity index is 2.62. The minimum absolute atomic E-state index is 0.0960. The summed E-state index contributed by atoms with van der Waals surface area (Å²) >= 11 is 5.90. The van der Waals surface area contributed by atoms with Crippen LogP contribution < -0.4 is 11.1 Å². The lowest BCUT2D eigenvalue weighted by atomic mass is 10.3. The Morgan fingerprint density at radius 3 is 2.58 bits per heavy atom. The van der Waals surface area contributed by atoms with Crippen molar-refractivity contribution in [2.45, 2.75) is 25.5 Å². The SMILES string of the molecule is CC(C)S(=O)(=O)CCC(=O)Nc1ccc(N)cc1Cl. The van der Waals surface area contributed by atoms with Crippen LogP contribution >= 0.6 is 11.6 Å². The fourth-order valence-corrected chi connectivity index (χ4v) is 2.49. The lowest BCUT2D eigenvalue weighted by Crippen LogP contribution is -2.22. The van der Waals surface area contributed by atoms with Gasteiger partial charge in [0.1, 0.15) is 0 Å². The van der Waals surface area contributed by atoms with Gasteiger partial charge in [0.2, 0.25) is 5.91 Å². The maximum atomic E-state index is 11.7. The highest BCUT2D eigenvalue weighted by molar-refractivity contribution is 7.91. The minimum Gasteiger partial charge on any atom is -0.399 e. The summed E-state index contributed by atoms with van der Waals surface area (Å²) in [5.74, 6) is -0.570. The van der Waals surface area contributed by atoms with Crippen LogP contribution in [0, 0.1) is 0 Å². The summed E-state index contributed by atoms with van der Waals surface area (Å²) in [5, 5.41) is 2.39. The normalized spacial score (nSPS) is 11.6. The number of nitrogen functional groups attached to an aromatic ring is 1. The second kappa shape index (κ2) is 6.25. The summed E-state index contributed by atoms with van der Waals surface area (Å²) in [6, 6.07) is 4.70. The lowest BCUT2D eigenvalue weighted by Gasteiger charge is -2.09. The zero-order valence-corrected chi connectivity index (χ0v) is 12.4. The molecule has 0 radical (unpaired) electrons. The number of amides is 1. The third-order valence-corrected chi connectivity index (χ3v) is 5.12. The second-order valence-electron chi connectivity index (χ2n) is 4.45. The van der Waals surface area contributed by atoms with E-state index in [0.29, 0.717) is 16.4 Å². The molecule has 0 bridgehead atoms. The van der Waals surface area contributed by atoms with Crippen LogP contribution in [0.15, 0.2) is 18.2 Å². The Morgan fingerprint density at radius 2 is 2.05 bits per heavy atom. The molecular formula is C12H17ClN2O3S. The van der Waals surface area contributed by atoms with Crippen molar-refractivity contribution in [3.8, 4) is 0 Å². The van der Waals surface area contributed by atoms with E-state index in [0.717, 1.165) is 0 Å². The first-order valence-corrected chi connectivity index (χ1v) is 7.88. The molecule has 3 N–H and O–H groups in total. The molecule has 0 aliphatic heterocycles. The largest absolute Gasteiger partial charge is 0.399 e. The molecule has 0 atom stereocenters. The average molecular weight is 305 g/mol. The number of rotatable bonds is 5. The Hall–Kier alpha value is -1.27. The van der Waals surface area contributed by atoms with Gasteiger partial charge in [0, 0.05) is 12.1 Å². The van der Waals surface area contributed by atoms with Crippen LogP contribution in [0.3, 0.4) is 0 Å². The number of carbonyl (C=O) groups is 1. The molecule has 1 aromatic carbocycles. The van der Waals surface area contributed by atoms with Crippen LogP contribution in [0.1, 0.15) is 20.3 Å². The number of benzene rings is 1. The molecule has 0 unspecified atom stereocenters. The van der Waals surface area contributed by atoms with E-state index >= 15 is 0 Å². The molecule has 0 spiro atoms. The van der Waals surface area contributed by atoms with E-state index in [1.807, 2.05) is 0 Å². The monoisotopic (exact) mass is 304 g/mol. The number of carbonyl (C=O) groups excluding carboxylic acids is 1.